The number of hydrogen-bond acceptors (Lipinski definition) is 4. The summed E-state index contributed by atoms with van der Waals surface area (Å²) in [6.07, 6.45) is 1.55. The molecule has 114 valence electrons. The van der Waals surface area contributed by atoms with Crippen molar-refractivity contribution in [2.75, 3.05) is 33.2 Å². The maximum absolute atomic E-state index is 12.7. The van der Waals surface area contributed by atoms with Crippen molar-refractivity contribution in [1.29, 1.82) is 0 Å². The molecule has 21 heavy (non-hydrogen) atoms. The second-order valence-electron chi connectivity index (χ2n) is 5.30. The first-order chi connectivity index (χ1) is 9.70. The Labute approximate surface area is 130 Å². The lowest BCUT2D eigenvalue weighted by atomic mass is 10.1. The lowest BCUT2D eigenvalue weighted by Gasteiger charge is -2.39. The molecule has 1 fully saturated rings. The van der Waals surface area contributed by atoms with Crippen LogP contribution in [0.3, 0.4) is 0 Å². The molecule has 1 aliphatic heterocycles. The van der Waals surface area contributed by atoms with E-state index < -0.39 is 0 Å². The van der Waals surface area contributed by atoms with Gasteiger partial charge in [0.15, 0.2) is 0 Å². The number of hydrogen-bond donors (Lipinski definition) is 1. The molecule has 1 saturated heterocycles. The minimum absolute atomic E-state index is 0. The summed E-state index contributed by atoms with van der Waals surface area (Å²) < 4.78 is 5.46. The molecule has 2 N–H and O–H groups in total. The van der Waals surface area contributed by atoms with Crippen molar-refractivity contribution in [3.05, 3.63) is 36.1 Å². The molecule has 0 bridgehead atoms. The Kier molecular flexibility index (Phi) is 4.88. The summed E-state index contributed by atoms with van der Waals surface area (Å²) in [6, 6.07) is 7.67. The highest BCUT2D eigenvalue weighted by Gasteiger charge is 2.30. The Bertz CT molecular complexity index is 628. The minimum atomic E-state index is 0. The van der Waals surface area contributed by atoms with Crippen LogP contribution in [-0.4, -0.2) is 55.0 Å². The molecule has 5 nitrogen and oxygen atoms in total. The van der Waals surface area contributed by atoms with E-state index in [4.69, 9.17) is 10.2 Å². The summed E-state index contributed by atoms with van der Waals surface area (Å²) in [5.41, 5.74) is 7.19. The molecule has 2 heterocycles. The molecule has 1 amide bonds. The van der Waals surface area contributed by atoms with Crippen molar-refractivity contribution in [1.82, 2.24) is 9.80 Å². The zero-order valence-corrected chi connectivity index (χ0v) is 12.8. The molecular weight excluding hydrogens is 290 g/mol. The standard InChI is InChI=1S/C15H19N3O2.ClH/c1-17-6-7-18(11(8-16)9-17)15(19)13-10-20-14-5-3-2-4-12(13)14;/h2-5,10-11H,6-9,16H2,1H3;1H. The fraction of sp³-hybridized carbons (Fsp3) is 0.400. The predicted octanol–water partition coefficient (Wildman–Crippen LogP) is 1.57. The van der Waals surface area contributed by atoms with Crippen LogP contribution in [0.25, 0.3) is 11.0 Å². The Morgan fingerprint density at radius 2 is 2.14 bits per heavy atom. The third-order valence-corrected chi connectivity index (χ3v) is 3.93. The van der Waals surface area contributed by atoms with Gasteiger partial charge in [0.2, 0.25) is 0 Å². The monoisotopic (exact) mass is 309 g/mol. The smallest absolute Gasteiger partial charge is 0.258 e. The molecule has 0 aliphatic carbocycles. The minimum Gasteiger partial charge on any atom is -0.463 e. The fourth-order valence-corrected chi connectivity index (χ4v) is 2.78. The number of nitrogens with zero attached hydrogens (tertiary/aromatic N) is 2. The van der Waals surface area contributed by atoms with Crippen molar-refractivity contribution in [3.63, 3.8) is 0 Å². The average Bonchev–Trinajstić information content (AvgIpc) is 2.90. The Balaban J connectivity index is 0.00000161. The third-order valence-electron chi connectivity index (χ3n) is 3.93. The highest BCUT2D eigenvalue weighted by atomic mass is 35.5. The number of para-hydroxylation sites is 1. The third kappa shape index (κ3) is 2.90. The van der Waals surface area contributed by atoms with Gasteiger partial charge in [-0.25, -0.2) is 0 Å². The van der Waals surface area contributed by atoms with Gasteiger partial charge in [0.05, 0.1) is 11.6 Å². The molecule has 1 aliphatic rings. The quantitative estimate of drug-likeness (QED) is 0.914. The number of halogens is 1. The van der Waals surface area contributed by atoms with Crippen LogP contribution in [0.2, 0.25) is 0 Å². The largest absolute Gasteiger partial charge is 0.463 e. The second-order valence-corrected chi connectivity index (χ2v) is 5.30. The average molecular weight is 310 g/mol. The maximum atomic E-state index is 12.7. The molecule has 1 atom stereocenters. The summed E-state index contributed by atoms with van der Waals surface area (Å²) in [5.74, 6) is 0.0125. The molecule has 6 heteroatoms. The van der Waals surface area contributed by atoms with E-state index in [2.05, 4.69) is 11.9 Å². The second kappa shape index (κ2) is 6.47. The van der Waals surface area contributed by atoms with E-state index in [1.807, 2.05) is 29.2 Å². The Morgan fingerprint density at radius 3 is 2.90 bits per heavy atom. The van der Waals surface area contributed by atoms with E-state index in [0.29, 0.717) is 18.7 Å². The van der Waals surface area contributed by atoms with Crippen LogP contribution in [0.1, 0.15) is 10.4 Å². The zero-order chi connectivity index (χ0) is 14.1. The van der Waals surface area contributed by atoms with Crippen molar-refractivity contribution in [2.24, 2.45) is 5.73 Å². The topological polar surface area (TPSA) is 62.7 Å². The Hall–Kier alpha value is -1.56. The molecule has 0 saturated carbocycles. The van der Waals surface area contributed by atoms with Gasteiger partial charge in [-0.3, -0.25) is 4.79 Å². The summed E-state index contributed by atoms with van der Waals surface area (Å²) in [4.78, 5) is 16.8. The first-order valence-corrected chi connectivity index (χ1v) is 6.86. The molecule has 1 aromatic heterocycles. The van der Waals surface area contributed by atoms with Gasteiger partial charge >= 0.3 is 0 Å². The van der Waals surface area contributed by atoms with Crippen LogP contribution in [0.4, 0.5) is 0 Å². The van der Waals surface area contributed by atoms with Crippen LogP contribution >= 0.6 is 12.4 Å². The van der Waals surface area contributed by atoms with Gasteiger partial charge < -0.3 is 20.0 Å². The first-order valence-electron chi connectivity index (χ1n) is 6.86. The van der Waals surface area contributed by atoms with E-state index in [0.717, 1.165) is 24.1 Å². The SMILES string of the molecule is CN1CCN(C(=O)c2coc3ccccc23)C(CN)C1.Cl. The number of likely N-dealkylation sites (N-methyl/N-ethyl adjacent to an activating group) is 1. The highest BCUT2D eigenvalue weighted by Crippen LogP contribution is 2.23. The van der Waals surface area contributed by atoms with E-state index >= 15 is 0 Å². The number of nitrogens with two attached hydrogens (primary N) is 1. The first kappa shape index (κ1) is 15.8. The number of rotatable bonds is 2. The highest BCUT2D eigenvalue weighted by molar-refractivity contribution is 6.06. The van der Waals surface area contributed by atoms with Crippen molar-refractivity contribution < 1.29 is 9.21 Å². The summed E-state index contributed by atoms with van der Waals surface area (Å²) in [7, 11) is 2.05. The molecule has 2 aromatic rings. The number of piperazine rings is 1. The lowest BCUT2D eigenvalue weighted by Crippen LogP contribution is -2.56. The van der Waals surface area contributed by atoms with Gasteiger partial charge in [0.25, 0.3) is 5.91 Å². The van der Waals surface area contributed by atoms with Crippen molar-refractivity contribution >= 4 is 29.3 Å². The maximum Gasteiger partial charge on any atom is 0.258 e. The van der Waals surface area contributed by atoms with E-state index in [1.54, 1.807) is 6.26 Å². The summed E-state index contributed by atoms with van der Waals surface area (Å²) in [6.45, 7) is 2.87. The molecule has 3 rings (SSSR count). The molecular formula is C15H20ClN3O2. The normalized spacial score (nSPS) is 19.5. The number of benzene rings is 1. The van der Waals surface area contributed by atoms with Crippen molar-refractivity contribution in [3.8, 4) is 0 Å². The number of amides is 1. The molecule has 1 aromatic carbocycles. The summed E-state index contributed by atoms with van der Waals surface area (Å²) in [5, 5.41) is 0.868. The van der Waals surface area contributed by atoms with E-state index in [9.17, 15) is 4.79 Å². The molecule has 1 unspecified atom stereocenters. The van der Waals surface area contributed by atoms with Crippen LogP contribution in [0, 0.1) is 0 Å². The predicted molar refractivity (Wildman–Crippen MR) is 84.8 cm³/mol. The summed E-state index contributed by atoms with van der Waals surface area (Å²) >= 11 is 0. The number of carbonyl (C=O) groups is 1. The van der Waals surface area contributed by atoms with Gasteiger partial charge in [-0.05, 0) is 13.1 Å². The van der Waals surface area contributed by atoms with Crippen LogP contribution < -0.4 is 5.73 Å². The van der Waals surface area contributed by atoms with Gasteiger partial charge in [-0.15, -0.1) is 12.4 Å². The van der Waals surface area contributed by atoms with E-state index in [-0.39, 0.29) is 24.4 Å². The number of carbonyl (C=O) groups excluding carboxylic acids is 1. The molecule has 0 radical (unpaired) electrons. The zero-order valence-electron chi connectivity index (χ0n) is 12.0. The van der Waals surface area contributed by atoms with Crippen LogP contribution in [0.15, 0.2) is 34.9 Å². The lowest BCUT2D eigenvalue weighted by molar-refractivity contribution is 0.0517. The fourth-order valence-electron chi connectivity index (χ4n) is 2.78. The van der Waals surface area contributed by atoms with Gasteiger partial charge in [-0.2, -0.15) is 0 Å². The Morgan fingerprint density at radius 1 is 1.38 bits per heavy atom. The number of fused-ring (bicyclic) bond motifs is 1. The van der Waals surface area contributed by atoms with Crippen LogP contribution in [0.5, 0.6) is 0 Å². The molecule has 0 spiro atoms. The van der Waals surface area contributed by atoms with Gasteiger partial charge in [-0.1, -0.05) is 18.2 Å². The van der Waals surface area contributed by atoms with Gasteiger partial charge in [0.1, 0.15) is 11.8 Å². The van der Waals surface area contributed by atoms with E-state index in [1.165, 1.54) is 0 Å². The number of furan rings is 1. The van der Waals surface area contributed by atoms with Gasteiger partial charge in [0, 0.05) is 31.6 Å². The van der Waals surface area contributed by atoms with Crippen molar-refractivity contribution in [2.45, 2.75) is 6.04 Å². The van der Waals surface area contributed by atoms with Crippen LogP contribution in [-0.2, 0) is 0 Å².